The Morgan fingerprint density at radius 1 is 1.50 bits per heavy atom. The van der Waals surface area contributed by atoms with Crippen molar-refractivity contribution in [1.82, 2.24) is 15.2 Å². The average molecular weight is 228 g/mol. The molecule has 0 rings (SSSR count). The van der Waals surface area contributed by atoms with Crippen LogP contribution in [-0.4, -0.2) is 61.7 Å². The molecular formula is C10H20N4O2. The van der Waals surface area contributed by atoms with Crippen molar-refractivity contribution in [3.8, 4) is 0 Å². The first-order chi connectivity index (χ1) is 7.45. The van der Waals surface area contributed by atoms with E-state index >= 15 is 0 Å². The van der Waals surface area contributed by atoms with Crippen LogP contribution in [0.25, 0.3) is 0 Å². The summed E-state index contributed by atoms with van der Waals surface area (Å²) in [6, 6.07) is -0.778. The van der Waals surface area contributed by atoms with Crippen molar-refractivity contribution in [3.63, 3.8) is 0 Å². The van der Waals surface area contributed by atoms with Gasteiger partial charge < -0.3 is 10.2 Å². The van der Waals surface area contributed by atoms with Gasteiger partial charge in [-0.2, -0.15) is 5.10 Å². The molecule has 0 saturated heterocycles. The highest BCUT2D eigenvalue weighted by atomic mass is 16.2. The molecule has 6 heteroatoms. The molecule has 0 aromatic heterocycles. The molecule has 0 fully saturated rings. The normalized spacial score (nSPS) is 11.8. The number of likely N-dealkylation sites (N-methyl/N-ethyl adjacent to an activating group) is 2. The van der Waals surface area contributed by atoms with Crippen molar-refractivity contribution < 1.29 is 9.59 Å². The van der Waals surface area contributed by atoms with Crippen molar-refractivity contribution >= 4 is 18.5 Å². The molecule has 1 N–H and O–H groups in total. The number of carbonyl (C=O) groups excluding carboxylic acids is 2. The van der Waals surface area contributed by atoms with Gasteiger partial charge in [0.1, 0.15) is 0 Å². The number of Topliss-reactive ketones (excluding diaryl/α,β-unsaturated/α-hetero) is 1. The first-order valence-corrected chi connectivity index (χ1v) is 5.11. The third-order valence-corrected chi connectivity index (χ3v) is 2.44. The minimum Gasteiger partial charge on any atom is -0.318 e. The highest BCUT2D eigenvalue weighted by molar-refractivity contribution is 5.86. The van der Waals surface area contributed by atoms with Crippen LogP contribution in [0.2, 0.25) is 0 Å². The van der Waals surface area contributed by atoms with Crippen LogP contribution in [0.4, 0.5) is 4.79 Å². The number of ketones is 1. The van der Waals surface area contributed by atoms with E-state index in [1.165, 1.54) is 16.8 Å². The van der Waals surface area contributed by atoms with Gasteiger partial charge in [-0.25, -0.2) is 9.80 Å². The molecule has 1 unspecified atom stereocenters. The maximum atomic E-state index is 11.9. The zero-order chi connectivity index (χ0) is 12.7. The van der Waals surface area contributed by atoms with Crippen molar-refractivity contribution in [1.29, 1.82) is 0 Å². The van der Waals surface area contributed by atoms with E-state index in [2.05, 4.69) is 17.1 Å². The Bertz CT molecular complexity index is 268. The van der Waals surface area contributed by atoms with E-state index < -0.39 is 6.04 Å². The summed E-state index contributed by atoms with van der Waals surface area (Å²) < 4.78 is 0. The lowest BCUT2D eigenvalue weighted by molar-refractivity contribution is -0.120. The number of nitrogens with one attached hydrogen (secondary N) is 1. The number of urea groups is 1. The second kappa shape index (κ2) is 6.95. The zero-order valence-electron chi connectivity index (χ0n) is 10.4. The Labute approximate surface area is 96.3 Å². The maximum absolute atomic E-state index is 11.9. The van der Waals surface area contributed by atoms with Crippen molar-refractivity contribution in [2.75, 3.05) is 27.2 Å². The van der Waals surface area contributed by atoms with Gasteiger partial charge in [0.05, 0.1) is 12.6 Å². The van der Waals surface area contributed by atoms with Crippen molar-refractivity contribution in [2.24, 2.45) is 5.10 Å². The molecular weight excluding hydrogens is 208 g/mol. The molecule has 1 atom stereocenters. The van der Waals surface area contributed by atoms with Crippen LogP contribution in [-0.2, 0) is 4.79 Å². The third kappa shape index (κ3) is 3.98. The first-order valence-electron chi connectivity index (χ1n) is 5.11. The Kier molecular flexibility index (Phi) is 6.32. The Balaban J connectivity index is 4.49. The summed E-state index contributed by atoms with van der Waals surface area (Å²) >= 11 is 0. The number of hydrazone groups is 1. The topological polar surface area (TPSA) is 65.0 Å². The molecule has 0 aromatic rings. The Morgan fingerprint density at radius 2 is 2.06 bits per heavy atom. The van der Waals surface area contributed by atoms with Gasteiger partial charge in [-0.15, -0.1) is 0 Å². The van der Waals surface area contributed by atoms with E-state index in [1.807, 2.05) is 0 Å². The van der Waals surface area contributed by atoms with Gasteiger partial charge in [0, 0.05) is 20.3 Å². The van der Waals surface area contributed by atoms with Gasteiger partial charge in [0.2, 0.25) is 0 Å². The van der Waals surface area contributed by atoms with Gasteiger partial charge in [-0.3, -0.25) is 4.79 Å². The highest BCUT2D eigenvalue weighted by Crippen LogP contribution is 2.03. The summed E-state index contributed by atoms with van der Waals surface area (Å²) in [6.45, 7) is 7.51. The molecule has 0 spiro atoms. The number of hydrogen-bond donors (Lipinski definition) is 1. The molecule has 2 amide bonds. The molecule has 0 aliphatic carbocycles. The fourth-order valence-corrected chi connectivity index (χ4v) is 1.06. The lowest BCUT2D eigenvalue weighted by Crippen LogP contribution is -2.46. The molecule has 0 radical (unpaired) electrons. The standard InChI is InChI=1S/C10H20N4O2/c1-8(9(2)15)13(5)10(16)14(12-4)7-6-11-3/h8,11H,4,6-7H2,1-3,5H3. The molecule has 0 bridgehead atoms. The van der Waals surface area contributed by atoms with Crippen LogP contribution in [0.15, 0.2) is 5.10 Å². The minimum atomic E-state index is -0.452. The predicted octanol–water partition coefficient (Wildman–Crippen LogP) is 0.153. The second-order valence-corrected chi connectivity index (χ2v) is 3.55. The Morgan fingerprint density at radius 3 is 2.44 bits per heavy atom. The molecule has 0 saturated carbocycles. The predicted molar refractivity (Wildman–Crippen MR) is 63.5 cm³/mol. The largest absolute Gasteiger partial charge is 0.340 e. The SMILES string of the molecule is C=NN(CCNC)C(=O)N(C)C(C)C(C)=O. The van der Waals surface area contributed by atoms with Gasteiger partial charge in [-0.1, -0.05) is 0 Å². The fourth-order valence-electron chi connectivity index (χ4n) is 1.06. The summed E-state index contributed by atoms with van der Waals surface area (Å²) in [6.07, 6.45) is 0. The second-order valence-electron chi connectivity index (χ2n) is 3.55. The van der Waals surface area contributed by atoms with Crippen LogP contribution in [0, 0.1) is 0 Å². The van der Waals surface area contributed by atoms with Gasteiger partial charge in [0.15, 0.2) is 5.78 Å². The number of nitrogens with zero attached hydrogens (tertiary/aromatic N) is 3. The van der Waals surface area contributed by atoms with Crippen molar-refractivity contribution in [3.05, 3.63) is 0 Å². The van der Waals surface area contributed by atoms with Crippen LogP contribution in [0.3, 0.4) is 0 Å². The highest BCUT2D eigenvalue weighted by Gasteiger charge is 2.23. The summed E-state index contributed by atoms with van der Waals surface area (Å²) in [4.78, 5) is 24.4. The summed E-state index contributed by atoms with van der Waals surface area (Å²) in [5, 5.41) is 7.77. The van der Waals surface area contributed by atoms with Gasteiger partial charge in [-0.05, 0) is 20.9 Å². The van der Waals surface area contributed by atoms with Crippen molar-refractivity contribution in [2.45, 2.75) is 19.9 Å². The number of rotatable bonds is 6. The number of amides is 2. The van der Waals surface area contributed by atoms with Gasteiger partial charge >= 0.3 is 6.03 Å². The number of hydrogen-bond acceptors (Lipinski definition) is 4. The summed E-state index contributed by atoms with van der Waals surface area (Å²) in [5.41, 5.74) is 0. The van der Waals surface area contributed by atoms with E-state index in [-0.39, 0.29) is 11.8 Å². The maximum Gasteiger partial charge on any atom is 0.340 e. The molecule has 0 aliphatic rings. The summed E-state index contributed by atoms with van der Waals surface area (Å²) in [7, 11) is 3.36. The molecule has 6 nitrogen and oxygen atoms in total. The quantitative estimate of drug-likeness (QED) is 0.520. The Hall–Kier alpha value is -1.43. The van der Waals surface area contributed by atoms with E-state index in [0.29, 0.717) is 13.1 Å². The lowest BCUT2D eigenvalue weighted by Gasteiger charge is -2.27. The summed E-state index contributed by atoms with van der Waals surface area (Å²) in [5.74, 6) is -0.0616. The average Bonchev–Trinajstić information content (AvgIpc) is 2.27. The van der Waals surface area contributed by atoms with Crippen LogP contribution in [0.1, 0.15) is 13.8 Å². The van der Waals surface area contributed by atoms with Crippen LogP contribution >= 0.6 is 0 Å². The third-order valence-electron chi connectivity index (χ3n) is 2.44. The van der Waals surface area contributed by atoms with E-state index in [1.54, 1.807) is 21.0 Å². The number of carbonyl (C=O) groups is 2. The van der Waals surface area contributed by atoms with Crippen LogP contribution < -0.4 is 5.32 Å². The molecule has 0 aliphatic heterocycles. The molecule has 92 valence electrons. The monoisotopic (exact) mass is 228 g/mol. The van der Waals surface area contributed by atoms with E-state index in [4.69, 9.17) is 0 Å². The van der Waals surface area contributed by atoms with E-state index in [9.17, 15) is 9.59 Å². The van der Waals surface area contributed by atoms with Crippen LogP contribution in [0.5, 0.6) is 0 Å². The first kappa shape index (κ1) is 14.6. The minimum absolute atomic E-state index is 0.0616. The fraction of sp³-hybridized carbons (Fsp3) is 0.700. The van der Waals surface area contributed by atoms with Gasteiger partial charge in [0.25, 0.3) is 0 Å². The van der Waals surface area contributed by atoms with E-state index in [0.717, 1.165) is 0 Å². The molecule has 16 heavy (non-hydrogen) atoms. The zero-order valence-corrected chi connectivity index (χ0v) is 10.4. The molecule has 0 aromatic carbocycles. The molecule has 0 heterocycles. The smallest absolute Gasteiger partial charge is 0.318 e. The lowest BCUT2D eigenvalue weighted by atomic mass is 10.2.